The Morgan fingerprint density at radius 3 is 2.96 bits per heavy atom. The monoisotopic (exact) mass is 355 g/mol. The second-order valence-corrected chi connectivity index (χ2v) is 7.13. The lowest BCUT2D eigenvalue weighted by molar-refractivity contribution is 0.0722. The van der Waals surface area contributed by atoms with Gasteiger partial charge in [-0.15, -0.1) is 11.3 Å². The highest BCUT2D eigenvalue weighted by atomic mass is 32.1. The number of benzene rings is 1. The summed E-state index contributed by atoms with van der Waals surface area (Å²) in [4.78, 5) is 24.1. The number of carbonyl (C=O) groups excluding carboxylic acids is 1. The molecule has 1 aliphatic rings. The molecule has 1 saturated heterocycles. The summed E-state index contributed by atoms with van der Waals surface area (Å²) in [5.41, 5.74) is 8.23. The van der Waals surface area contributed by atoms with Gasteiger partial charge in [0.2, 0.25) is 0 Å². The van der Waals surface area contributed by atoms with Crippen molar-refractivity contribution in [1.29, 1.82) is 0 Å². The number of hydrogen-bond acceptors (Lipinski definition) is 5. The predicted molar refractivity (Wildman–Crippen MR) is 98.4 cm³/mol. The zero-order valence-corrected chi connectivity index (χ0v) is 15.0. The largest absolute Gasteiger partial charge is 0.327 e. The maximum Gasteiger partial charge on any atom is 0.273 e. The Morgan fingerprint density at radius 1 is 1.36 bits per heavy atom. The highest BCUT2D eigenvalue weighted by molar-refractivity contribution is 7.09. The molecule has 0 radical (unpaired) electrons. The quantitative estimate of drug-likeness (QED) is 0.780. The molecule has 0 saturated carbocycles. The number of para-hydroxylation sites is 2. The number of nitrogens with zero attached hydrogens (tertiary/aromatic N) is 4. The standard InChI is InChI=1S/C18H21N5OS/c1-2-22-14-7-4-3-6-12(14)21-17(22)15-8-5-9-23(15)18(24)13-11-25-16(10-19)20-13/h3-4,6-7,11,15H,2,5,8-10,19H2,1H3. The van der Waals surface area contributed by atoms with Gasteiger partial charge in [0.15, 0.2) is 0 Å². The van der Waals surface area contributed by atoms with E-state index in [0.717, 1.165) is 47.8 Å². The number of imidazole rings is 1. The minimum absolute atomic E-state index is 0.00266. The molecule has 3 aromatic rings. The van der Waals surface area contributed by atoms with Crippen LogP contribution in [0.5, 0.6) is 0 Å². The van der Waals surface area contributed by atoms with Gasteiger partial charge in [0.1, 0.15) is 16.5 Å². The van der Waals surface area contributed by atoms with Gasteiger partial charge in [-0.1, -0.05) is 12.1 Å². The number of carbonyl (C=O) groups is 1. The number of rotatable bonds is 4. The smallest absolute Gasteiger partial charge is 0.273 e. The lowest BCUT2D eigenvalue weighted by Crippen LogP contribution is -2.32. The van der Waals surface area contributed by atoms with Gasteiger partial charge < -0.3 is 15.2 Å². The third-order valence-corrected chi connectivity index (χ3v) is 5.63. The van der Waals surface area contributed by atoms with E-state index in [-0.39, 0.29) is 11.9 Å². The lowest BCUT2D eigenvalue weighted by Gasteiger charge is -2.24. The van der Waals surface area contributed by atoms with Crippen LogP contribution in [-0.2, 0) is 13.1 Å². The van der Waals surface area contributed by atoms with Crippen LogP contribution in [0.15, 0.2) is 29.6 Å². The first kappa shape index (κ1) is 16.2. The Kier molecular flexibility index (Phi) is 4.27. The van der Waals surface area contributed by atoms with Crippen molar-refractivity contribution in [2.45, 2.75) is 38.9 Å². The molecule has 0 bridgehead atoms. The van der Waals surface area contributed by atoms with Crippen LogP contribution >= 0.6 is 11.3 Å². The molecule has 2 N–H and O–H groups in total. The predicted octanol–water partition coefficient (Wildman–Crippen LogP) is 2.95. The van der Waals surface area contributed by atoms with Crippen molar-refractivity contribution in [2.24, 2.45) is 5.73 Å². The van der Waals surface area contributed by atoms with Crippen LogP contribution in [0.3, 0.4) is 0 Å². The van der Waals surface area contributed by atoms with Gasteiger partial charge >= 0.3 is 0 Å². The molecule has 1 unspecified atom stereocenters. The van der Waals surface area contributed by atoms with Crippen molar-refractivity contribution in [2.75, 3.05) is 6.54 Å². The Balaban J connectivity index is 1.71. The summed E-state index contributed by atoms with van der Waals surface area (Å²) in [6.45, 7) is 4.06. The zero-order valence-electron chi connectivity index (χ0n) is 14.2. The van der Waals surface area contributed by atoms with E-state index >= 15 is 0 Å². The van der Waals surface area contributed by atoms with Gasteiger partial charge in [0, 0.05) is 25.0 Å². The number of nitrogens with two attached hydrogens (primary N) is 1. The molecular formula is C18H21N5OS. The van der Waals surface area contributed by atoms with E-state index in [4.69, 9.17) is 10.7 Å². The molecule has 130 valence electrons. The molecule has 1 amide bonds. The van der Waals surface area contributed by atoms with Gasteiger partial charge in [0.25, 0.3) is 5.91 Å². The van der Waals surface area contributed by atoms with E-state index < -0.39 is 0 Å². The van der Waals surface area contributed by atoms with E-state index in [1.165, 1.54) is 11.3 Å². The fourth-order valence-electron chi connectivity index (χ4n) is 3.61. The van der Waals surface area contributed by atoms with Crippen LogP contribution in [0.1, 0.15) is 47.1 Å². The molecule has 25 heavy (non-hydrogen) atoms. The third-order valence-electron chi connectivity index (χ3n) is 4.76. The highest BCUT2D eigenvalue weighted by Crippen LogP contribution is 2.34. The van der Waals surface area contributed by atoms with Crippen LogP contribution in [0, 0.1) is 0 Å². The fourth-order valence-corrected chi connectivity index (χ4v) is 4.26. The molecule has 0 spiro atoms. The van der Waals surface area contributed by atoms with Gasteiger partial charge in [-0.3, -0.25) is 4.79 Å². The number of amides is 1. The zero-order chi connectivity index (χ0) is 17.4. The first-order valence-electron chi connectivity index (χ1n) is 8.63. The number of likely N-dealkylation sites (tertiary alicyclic amines) is 1. The van der Waals surface area contributed by atoms with Crippen LogP contribution in [0.25, 0.3) is 11.0 Å². The first-order chi connectivity index (χ1) is 12.2. The normalized spacial score (nSPS) is 17.5. The topological polar surface area (TPSA) is 77.0 Å². The highest BCUT2D eigenvalue weighted by Gasteiger charge is 2.34. The van der Waals surface area contributed by atoms with Crippen molar-refractivity contribution >= 4 is 28.3 Å². The molecule has 1 aliphatic heterocycles. The van der Waals surface area contributed by atoms with E-state index in [2.05, 4.69) is 22.5 Å². The van der Waals surface area contributed by atoms with E-state index in [0.29, 0.717) is 12.2 Å². The van der Waals surface area contributed by atoms with Gasteiger partial charge in [-0.25, -0.2) is 9.97 Å². The maximum atomic E-state index is 13.0. The number of aromatic nitrogens is 3. The average Bonchev–Trinajstić information content (AvgIpc) is 3.37. The van der Waals surface area contributed by atoms with Crippen molar-refractivity contribution < 1.29 is 4.79 Å². The maximum absolute atomic E-state index is 13.0. The van der Waals surface area contributed by atoms with Gasteiger partial charge in [0.05, 0.1) is 17.1 Å². The van der Waals surface area contributed by atoms with Crippen LogP contribution in [-0.4, -0.2) is 31.9 Å². The minimum Gasteiger partial charge on any atom is -0.327 e. The Bertz CT molecular complexity index is 915. The molecule has 6 nitrogen and oxygen atoms in total. The van der Waals surface area contributed by atoms with Gasteiger partial charge in [-0.2, -0.15) is 0 Å². The molecule has 4 rings (SSSR count). The second-order valence-electron chi connectivity index (χ2n) is 6.19. The Labute approximate surface area is 150 Å². The van der Waals surface area contributed by atoms with E-state index in [1.807, 2.05) is 28.5 Å². The summed E-state index contributed by atoms with van der Waals surface area (Å²) in [6.07, 6.45) is 1.92. The number of thiazole rings is 1. The number of aryl methyl sites for hydroxylation is 1. The number of hydrogen-bond donors (Lipinski definition) is 1. The SMILES string of the molecule is CCn1c(C2CCCN2C(=O)c2csc(CN)n2)nc2ccccc21. The molecule has 3 heterocycles. The van der Waals surface area contributed by atoms with Crippen LogP contribution < -0.4 is 5.73 Å². The molecule has 1 aromatic carbocycles. The lowest BCUT2D eigenvalue weighted by atomic mass is 10.2. The molecule has 1 fully saturated rings. The van der Waals surface area contributed by atoms with Crippen LogP contribution in [0.4, 0.5) is 0 Å². The van der Waals surface area contributed by atoms with Crippen molar-refractivity contribution in [3.63, 3.8) is 0 Å². The third kappa shape index (κ3) is 2.73. The van der Waals surface area contributed by atoms with Crippen LogP contribution in [0.2, 0.25) is 0 Å². The molecule has 2 aromatic heterocycles. The summed E-state index contributed by atoms with van der Waals surface area (Å²) in [7, 11) is 0. The molecule has 1 atom stereocenters. The summed E-state index contributed by atoms with van der Waals surface area (Å²) in [5.74, 6) is 0.956. The van der Waals surface area contributed by atoms with E-state index in [1.54, 1.807) is 0 Å². The molecule has 7 heteroatoms. The number of fused-ring (bicyclic) bond motifs is 1. The Hall–Kier alpha value is -2.25. The summed E-state index contributed by atoms with van der Waals surface area (Å²) in [5, 5.41) is 2.60. The van der Waals surface area contributed by atoms with Crippen molar-refractivity contribution in [3.05, 3.63) is 46.2 Å². The summed E-state index contributed by atoms with van der Waals surface area (Å²) < 4.78 is 2.22. The summed E-state index contributed by atoms with van der Waals surface area (Å²) in [6, 6.07) is 8.15. The minimum atomic E-state index is -0.0202. The fraction of sp³-hybridized carbons (Fsp3) is 0.389. The molecular weight excluding hydrogens is 334 g/mol. The van der Waals surface area contributed by atoms with Crippen molar-refractivity contribution in [3.8, 4) is 0 Å². The average molecular weight is 355 g/mol. The second kappa shape index (κ2) is 6.57. The van der Waals surface area contributed by atoms with Crippen molar-refractivity contribution in [1.82, 2.24) is 19.4 Å². The summed E-state index contributed by atoms with van der Waals surface area (Å²) >= 11 is 1.44. The Morgan fingerprint density at radius 2 is 2.20 bits per heavy atom. The first-order valence-corrected chi connectivity index (χ1v) is 9.51. The molecule has 0 aliphatic carbocycles. The van der Waals surface area contributed by atoms with E-state index in [9.17, 15) is 4.79 Å². The van der Waals surface area contributed by atoms with Gasteiger partial charge in [-0.05, 0) is 31.9 Å².